The van der Waals surface area contributed by atoms with Crippen LogP contribution in [0, 0.1) is 0 Å². The Morgan fingerprint density at radius 1 is 1.57 bits per heavy atom. The van der Waals surface area contributed by atoms with Crippen LogP contribution in [0.1, 0.15) is 46.0 Å². The van der Waals surface area contributed by atoms with Gasteiger partial charge >= 0.3 is 0 Å². The highest BCUT2D eigenvalue weighted by molar-refractivity contribution is 8.13. The summed E-state index contributed by atoms with van der Waals surface area (Å²) in [6.07, 6.45) is 6.43. The molecule has 1 heterocycles. The molecular formula is C11H20N2S. The number of hydrogen-bond donors (Lipinski definition) is 1. The number of amidine groups is 1. The van der Waals surface area contributed by atoms with Crippen molar-refractivity contribution in [2.45, 2.75) is 57.5 Å². The third kappa shape index (κ3) is 2.25. The Balaban J connectivity index is 1.95. The smallest absolute Gasteiger partial charge is 0.157 e. The number of hydrogen-bond acceptors (Lipinski definition) is 2. The molecule has 1 unspecified atom stereocenters. The molecule has 2 rings (SSSR count). The first-order valence-electron chi connectivity index (χ1n) is 5.71. The van der Waals surface area contributed by atoms with Crippen molar-refractivity contribution in [3.8, 4) is 0 Å². The van der Waals surface area contributed by atoms with Crippen LogP contribution in [0.5, 0.6) is 0 Å². The van der Waals surface area contributed by atoms with Gasteiger partial charge in [0.1, 0.15) is 0 Å². The van der Waals surface area contributed by atoms with Crippen molar-refractivity contribution in [3.63, 3.8) is 0 Å². The number of rotatable bonds is 2. The second kappa shape index (κ2) is 4.13. The van der Waals surface area contributed by atoms with E-state index in [1.165, 1.54) is 43.0 Å². The monoisotopic (exact) mass is 212 g/mol. The third-order valence-corrected chi connectivity index (χ3v) is 4.35. The van der Waals surface area contributed by atoms with Crippen molar-refractivity contribution in [2.75, 3.05) is 5.75 Å². The van der Waals surface area contributed by atoms with Gasteiger partial charge in [0.05, 0.1) is 6.04 Å². The highest BCUT2D eigenvalue weighted by Gasteiger charge is 2.28. The lowest BCUT2D eigenvalue weighted by Gasteiger charge is -2.36. The molecular weight excluding hydrogens is 192 g/mol. The van der Waals surface area contributed by atoms with E-state index < -0.39 is 0 Å². The molecule has 14 heavy (non-hydrogen) atoms. The number of nitrogens with one attached hydrogen (secondary N) is 1. The predicted octanol–water partition coefficient (Wildman–Crippen LogP) is 2.79. The Kier molecular flexibility index (Phi) is 3.05. The third-order valence-electron chi connectivity index (χ3n) is 3.46. The number of thioether (sulfide) groups is 1. The SMILES string of the molecule is CCC1(C)CCSC(=NC2CCC2)N1. The fourth-order valence-corrected chi connectivity index (χ4v) is 3.03. The van der Waals surface area contributed by atoms with Gasteiger partial charge in [0.2, 0.25) is 0 Å². The van der Waals surface area contributed by atoms with Gasteiger partial charge in [-0.2, -0.15) is 0 Å². The van der Waals surface area contributed by atoms with Crippen molar-refractivity contribution in [3.05, 3.63) is 0 Å². The standard InChI is InChI=1S/C11H20N2S/c1-3-11(2)7-8-14-10(13-11)12-9-5-4-6-9/h9H,3-8H2,1-2H3,(H,12,13). The molecule has 0 bridgehead atoms. The average molecular weight is 212 g/mol. The first-order chi connectivity index (χ1) is 6.72. The molecule has 1 saturated carbocycles. The fourth-order valence-electron chi connectivity index (χ4n) is 1.75. The Morgan fingerprint density at radius 3 is 2.93 bits per heavy atom. The molecule has 3 heteroatoms. The second-order valence-corrected chi connectivity index (χ2v) is 5.74. The Bertz CT molecular complexity index is 235. The minimum absolute atomic E-state index is 0.299. The predicted molar refractivity (Wildman–Crippen MR) is 64.0 cm³/mol. The molecule has 1 aliphatic heterocycles. The summed E-state index contributed by atoms with van der Waals surface area (Å²) in [7, 11) is 0. The summed E-state index contributed by atoms with van der Waals surface area (Å²) in [5, 5.41) is 4.79. The van der Waals surface area contributed by atoms with Gasteiger partial charge in [-0.25, -0.2) is 0 Å². The van der Waals surface area contributed by atoms with E-state index in [1.807, 2.05) is 11.8 Å². The van der Waals surface area contributed by atoms with Crippen LogP contribution in [0.25, 0.3) is 0 Å². The van der Waals surface area contributed by atoms with Crippen LogP contribution < -0.4 is 5.32 Å². The molecule has 1 atom stereocenters. The van der Waals surface area contributed by atoms with Gasteiger partial charge in [0, 0.05) is 11.3 Å². The van der Waals surface area contributed by atoms with Crippen LogP contribution in [0.4, 0.5) is 0 Å². The van der Waals surface area contributed by atoms with E-state index in [-0.39, 0.29) is 0 Å². The van der Waals surface area contributed by atoms with Crippen molar-refractivity contribution in [1.82, 2.24) is 5.32 Å². The van der Waals surface area contributed by atoms with Crippen molar-refractivity contribution < 1.29 is 0 Å². The lowest BCUT2D eigenvalue weighted by atomic mass is 9.94. The molecule has 0 aromatic heterocycles. The van der Waals surface area contributed by atoms with E-state index in [2.05, 4.69) is 19.2 Å². The Morgan fingerprint density at radius 2 is 2.36 bits per heavy atom. The van der Waals surface area contributed by atoms with Gasteiger partial charge in [-0.15, -0.1) is 0 Å². The maximum Gasteiger partial charge on any atom is 0.157 e. The maximum atomic E-state index is 4.75. The van der Waals surface area contributed by atoms with Crippen LogP contribution in [0.2, 0.25) is 0 Å². The molecule has 0 aromatic rings. The van der Waals surface area contributed by atoms with E-state index in [0.717, 1.165) is 0 Å². The van der Waals surface area contributed by atoms with Crippen LogP contribution in [-0.4, -0.2) is 22.5 Å². The van der Waals surface area contributed by atoms with Gasteiger partial charge in [-0.3, -0.25) is 4.99 Å². The van der Waals surface area contributed by atoms with Crippen LogP contribution >= 0.6 is 11.8 Å². The molecule has 1 aliphatic carbocycles. The summed E-state index contributed by atoms with van der Waals surface area (Å²) in [6.45, 7) is 4.56. The minimum Gasteiger partial charge on any atom is -0.360 e. The van der Waals surface area contributed by atoms with Gasteiger partial charge in [-0.05, 0) is 39.0 Å². The minimum atomic E-state index is 0.299. The summed E-state index contributed by atoms with van der Waals surface area (Å²) < 4.78 is 0. The van der Waals surface area contributed by atoms with E-state index in [1.54, 1.807) is 0 Å². The lowest BCUT2D eigenvalue weighted by Crippen LogP contribution is -2.48. The maximum absolute atomic E-state index is 4.75. The zero-order valence-electron chi connectivity index (χ0n) is 9.18. The Hall–Kier alpha value is -0.180. The van der Waals surface area contributed by atoms with Gasteiger partial charge < -0.3 is 5.32 Å². The largest absolute Gasteiger partial charge is 0.360 e. The summed E-state index contributed by atoms with van der Waals surface area (Å²) in [5.41, 5.74) is 0.299. The topological polar surface area (TPSA) is 24.4 Å². The van der Waals surface area contributed by atoms with E-state index in [0.29, 0.717) is 11.6 Å². The molecule has 0 spiro atoms. The average Bonchev–Trinajstić information content (AvgIpc) is 2.12. The summed E-state index contributed by atoms with van der Waals surface area (Å²) in [4.78, 5) is 4.75. The molecule has 2 nitrogen and oxygen atoms in total. The molecule has 0 radical (unpaired) electrons. The summed E-state index contributed by atoms with van der Waals surface area (Å²) in [5.74, 6) is 1.23. The van der Waals surface area contributed by atoms with Crippen molar-refractivity contribution in [1.29, 1.82) is 0 Å². The molecule has 0 amide bonds. The zero-order chi connectivity index (χ0) is 10.0. The first kappa shape index (κ1) is 10.3. The van der Waals surface area contributed by atoms with Crippen LogP contribution in [0.15, 0.2) is 4.99 Å². The fraction of sp³-hybridized carbons (Fsp3) is 0.909. The van der Waals surface area contributed by atoms with Crippen molar-refractivity contribution in [2.24, 2.45) is 4.99 Å². The summed E-state index contributed by atoms with van der Waals surface area (Å²) >= 11 is 1.90. The Labute approximate surface area is 90.9 Å². The highest BCUT2D eigenvalue weighted by atomic mass is 32.2. The highest BCUT2D eigenvalue weighted by Crippen LogP contribution is 2.28. The summed E-state index contributed by atoms with van der Waals surface area (Å²) in [6, 6.07) is 0.629. The van der Waals surface area contributed by atoms with E-state index >= 15 is 0 Å². The lowest BCUT2D eigenvalue weighted by molar-refractivity contribution is 0.382. The van der Waals surface area contributed by atoms with E-state index in [9.17, 15) is 0 Å². The van der Waals surface area contributed by atoms with Crippen LogP contribution in [0.3, 0.4) is 0 Å². The second-order valence-electron chi connectivity index (χ2n) is 4.66. The van der Waals surface area contributed by atoms with Crippen molar-refractivity contribution >= 4 is 16.9 Å². The molecule has 2 aliphatic rings. The normalized spacial score (nSPS) is 36.6. The van der Waals surface area contributed by atoms with Gasteiger partial charge in [0.25, 0.3) is 0 Å². The first-order valence-corrected chi connectivity index (χ1v) is 6.69. The number of aliphatic imine (C=N–C) groups is 1. The molecule has 0 aromatic carbocycles. The van der Waals surface area contributed by atoms with Gasteiger partial charge in [-0.1, -0.05) is 18.7 Å². The molecule has 1 N–H and O–H groups in total. The van der Waals surface area contributed by atoms with Gasteiger partial charge in [0.15, 0.2) is 5.17 Å². The quantitative estimate of drug-likeness (QED) is 0.761. The van der Waals surface area contributed by atoms with Crippen LogP contribution in [-0.2, 0) is 0 Å². The zero-order valence-corrected chi connectivity index (χ0v) is 9.99. The molecule has 1 saturated heterocycles. The molecule has 80 valence electrons. The molecule has 2 fully saturated rings. The van der Waals surface area contributed by atoms with E-state index in [4.69, 9.17) is 4.99 Å². The number of nitrogens with zero attached hydrogens (tertiary/aromatic N) is 1.